The Morgan fingerprint density at radius 3 is 2.81 bits per heavy atom. The van der Waals surface area contributed by atoms with E-state index in [2.05, 4.69) is 31.8 Å². The van der Waals surface area contributed by atoms with E-state index in [0.29, 0.717) is 0 Å². The molecular weight excluding hydrogens is 330 g/mol. The van der Waals surface area contributed by atoms with Crippen LogP contribution in [-0.4, -0.2) is 18.7 Å². The maximum Gasteiger partial charge on any atom is 0.259 e. The summed E-state index contributed by atoms with van der Waals surface area (Å²) in [6, 6.07) is 15.5. The predicted octanol–water partition coefficient (Wildman–Crippen LogP) is 3.32. The van der Waals surface area contributed by atoms with Crippen LogP contribution in [0, 0.1) is 6.92 Å². The molecule has 0 saturated carbocycles. The summed E-state index contributed by atoms with van der Waals surface area (Å²) in [6.45, 7) is 2.19. The van der Waals surface area contributed by atoms with Crippen molar-refractivity contribution in [1.29, 1.82) is 0 Å². The first-order valence-corrected chi connectivity index (χ1v) is 7.31. The number of aryl methyl sites for hydroxylation is 1. The summed E-state index contributed by atoms with van der Waals surface area (Å²) in [4.78, 5) is 11.7. The first-order valence-electron chi connectivity index (χ1n) is 6.51. The van der Waals surface area contributed by atoms with Crippen LogP contribution in [0.4, 0.5) is 5.69 Å². The van der Waals surface area contributed by atoms with E-state index in [1.165, 1.54) is 0 Å². The monoisotopic (exact) mass is 345 g/mol. The molecule has 0 atom stereocenters. The molecule has 4 nitrogen and oxygen atoms in total. The Bertz CT molecular complexity index is 655. The summed E-state index contributed by atoms with van der Waals surface area (Å²) in [5, 5.41) is 6.98. The van der Waals surface area contributed by atoms with Crippen LogP contribution in [0.15, 0.2) is 58.1 Å². The third kappa shape index (κ3) is 5.39. The van der Waals surface area contributed by atoms with Crippen molar-refractivity contribution in [2.75, 3.05) is 11.9 Å². The number of benzene rings is 2. The largest absolute Gasteiger partial charge is 0.376 e. The predicted molar refractivity (Wildman–Crippen MR) is 89.5 cm³/mol. The summed E-state index contributed by atoms with van der Waals surface area (Å²) in [5.41, 5.74) is 5.47. The molecule has 0 radical (unpaired) electrons. The number of hydrogen-bond acceptors (Lipinski definition) is 3. The number of rotatable bonds is 5. The van der Waals surface area contributed by atoms with Crippen molar-refractivity contribution < 1.29 is 4.79 Å². The highest BCUT2D eigenvalue weighted by Crippen LogP contribution is 2.10. The van der Waals surface area contributed by atoms with Gasteiger partial charge in [0.05, 0.1) is 12.8 Å². The zero-order valence-electron chi connectivity index (χ0n) is 11.6. The number of nitrogens with one attached hydrogen (secondary N) is 2. The minimum atomic E-state index is -0.192. The SMILES string of the molecule is Cc1cccc(NCC(=O)N/N=C\c2cccc(Br)c2)c1. The molecule has 2 rings (SSSR count). The van der Waals surface area contributed by atoms with Gasteiger partial charge >= 0.3 is 0 Å². The fourth-order valence-corrected chi connectivity index (χ4v) is 2.16. The molecule has 108 valence electrons. The minimum absolute atomic E-state index is 0.180. The molecule has 0 unspecified atom stereocenters. The van der Waals surface area contributed by atoms with Gasteiger partial charge in [0, 0.05) is 10.2 Å². The van der Waals surface area contributed by atoms with Crippen molar-refractivity contribution in [1.82, 2.24) is 5.43 Å². The smallest absolute Gasteiger partial charge is 0.259 e. The average molecular weight is 346 g/mol. The molecule has 1 amide bonds. The van der Waals surface area contributed by atoms with Crippen LogP contribution in [-0.2, 0) is 4.79 Å². The van der Waals surface area contributed by atoms with Crippen molar-refractivity contribution >= 4 is 33.7 Å². The standard InChI is InChI=1S/C16H16BrN3O/c1-12-4-2-7-15(8-12)18-11-16(21)20-19-10-13-5-3-6-14(17)9-13/h2-10,18H,11H2,1H3,(H,20,21)/b19-10-. The number of hydrogen-bond donors (Lipinski definition) is 2. The van der Waals surface area contributed by atoms with Gasteiger partial charge in [-0.15, -0.1) is 0 Å². The molecule has 0 aromatic heterocycles. The fraction of sp³-hybridized carbons (Fsp3) is 0.125. The zero-order chi connectivity index (χ0) is 15.1. The number of carbonyl (C=O) groups excluding carboxylic acids is 1. The lowest BCUT2D eigenvalue weighted by molar-refractivity contribution is -0.119. The molecule has 2 aromatic carbocycles. The number of hydrazone groups is 1. The van der Waals surface area contributed by atoms with E-state index in [4.69, 9.17) is 0 Å². The molecule has 0 aliphatic carbocycles. The van der Waals surface area contributed by atoms with Gasteiger partial charge in [0.2, 0.25) is 0 Å². The molecule has 0 fully saturated rings. The van der Waals surface area contributed by atoms with E-state index >= 15 is 0 Å². The van der Waals surface area contributed by atoms with Crippen LogP contribution in [0.25, 0.3) is 0 Å². The van der Waals surface area contributed by atoms with Gasteiger partial charge in [0.15, 0.2) is 0 Å². The minimum Gasteiger partial charge on any atom is -0.376 e. The Labute approximate surface area is 132 Å². The Balaban J connectivity index is 1.80. The maximum absolute atomic E-state index is 11.7. The highest BCUT2D eigenvalue weighted by molar-refractivity contribution is 9.10. The van der Waals surface area contributed by atoms with Crippen molar-refractivity contribution in [3.05, 3.63) is 64.1 Å². The first kappa shape index (κ1) is 15.3. The van der Waals surface area contributed by atoms with Crippen LogP contribution in [0.1, 0.15) is 11.1 Å². The molecule has 0 aliphatic heterocycles. The second kappa shape index (κ2) is 7.59. The average Bonchev–Trinajstić information content (AvgIpc) is 2.45. The van der Waals surface area contributed by atoms with E-state index in [0.717, 1.165) is 21.3 Å². The highest BCUT2D eigenvalue weighted by atomic mass is 79.9. The van der Waals surface area contributed by atoms with Gasteiger partial charge in [-0.1, -0.05) is 40.2 Å². The normalized spacial score (nSPS) is 10.6. The molecular formula is C16H16BrN3O. The molecule has 2 aromatic rings. The lowest BCUT2D eigenvalue weighted by atomic mass is 10.2. The quantitative estimate of drug-likeness (QED) is 0.645. The van der Waals surface area contributed by atoms with Gasteiger partial charge in [-0.3, -0.25) is 4.79 Å². The lowest BCUT2D eigenvalue weighted by Crippen LogP contribution is -2.25. The summed E-state index contributed by atoms with van der Waals surface area (Å²) < 4.78 is 0.971. The van der Waals surface area contributed by atoms with Gasteiger partial charge in [-0.25, -0.2) is 5.43 Å². The molecule has 0 heterocycles. The number of halogens is 1. The van der Waals surface area contributed by atoms with E-state index in [1.807, 2.05) is 55.5 Å². The number of nitrogens with zero attached hydrogens (tertiary/aromatic N) is 1. The maximum atomic E-state index is 11.7. The van der Waals surface area contributed by atoms with E-state index in [1.54, 1.807) is 6.21 Å². The third-order valence-corrected chi connectivity index (χ3v) is 3.22. The second-order valence-corrected chi connectivity index (χ2v) is 5.49. The summed E-state index contributed by atoms with van der Waals surface area (Å²) in [6.07, 6.45) is 1.61. The van der Waals surface area contributed by atoms with E-state index < -0.39 is 0 Å². The topological polar surface area (TPSA) is 53.5 Å². The van der Waals surface area contributed by atoms with Crippen LogP contribution < -0.4 is 10.7 Å². The van der Waals surface area contributed by atoms with Gasteiger partial charge in [0.25, 0.3) is 5.91 Å². The van der Waals surface area contributed by atoms with Crippen molar-refractivity contribution in [2.24, 2.45) is 5.10 Å². The van der Waals surface area contributed by atoms with Crippen molar-refractivity contribution in [3.8, 4) is 0 Å². The molecule has 0 aliphatic rings. The fourth-order valence-electron chi connectivity index (χ4n) is 1.74. The Hall–Kier alpha value is -2.14. The molecule has 0 saturated heterocycles. The van der Waals surface area contributed by atoms with Gasteiger partial charge in [0.1, 0.15) is 0 Å². The van der Waals surface area contributed by atoms with Crippen LogP contribution in [0.5, 0.6) is 0 Å². The Kier molecular flexibility index (Phi) is 5.51. The number of anilines is 1. The lowest BCUT2D eigenvalue weighted by Gasteiger charge is -2.05. The van der Waals surface area contributed by atoms with Crippen LogP contribution in [0.3, 0.4) is 0 Å². The molecule has 0 bridgehead atoms. The summed E-state index contributed by atoms with van der Waals surface area (Å²) in [5.74, 6) is -0.192. The summed E-state index contributed by atoms with van der Waals surface area (Å²) in [7, 11) is 0. The van der Waals surface area contributed by atoms with Gasteiger partial charge in [-0.05, 0) is 42.3 Å². The second-order valence-electron chi connectivity index (χ2n) is 4.57. The zero-order valence-corrected chi connectivity index (χ0v) is 13.2. The highest BCUT2D eigenvalue weighted by Gasteiger charge is 1.99. The number of amides is 1. The van der Waals surface area contributed by atoms with Crippen LogP contribution >= 0.6 is 15.9 Å². The van der Waals surface area contributed by atoms with Gasteiger partial charge < -0.3 is 5.32 Å². The van der Waals surface area contributed by atoms with E-state index in [9.17, 15) is 4.79 Å². The molecule has 21 heavy (non-hydrogen) atoms. The third-order valence-electron chi connectivity index (χ3n) is 2.72. The number of carbonyl (C=O) groups is 1. The van der Waals surface area contributed by atoms with Crippen molar-refractivity contribution in [2.45, 2.75) is 6.92 Å². The van der Waals surface area contributed by atoms with E-state index in [-0.39, 0.29) is 12.5 Å². The molecule has 2 N–H and O–H groups in total. The first-order chi connectivity index (χ1) is 10.1. The molecule has 0 spiro atoms. The Morgan fingerprint density at radius 1 is 1.24 bits per heavy atom. The van der Waals surface area contributed by atoms with Crippen LogP contribution in [0.2, 0.25) is 0 Å². The Morgan fingerprint density at radius 2 is 2.05 bits per heavy atom. The van der Waals surface area contributed by atoms with Crippen molar-refractivity contribution in [3.63, 3.8) is 0 Å². The summed E-state index contributed by atoms with van der Waals surface area (Å²) >= 11 is 3.38. The molecule has 5 heteroatoms. The van der Waals surface area contributed by atoms with Gasteiger partial charge in [-0.2, -0.15) is 5.10 Å².